The Hall–Kier alpha value is -1.09. The maximum Gasteiger partial charge on any atom is 0.142 e. The molecule has 23 heavy (non-hydrogen) atoms. The van der Waals surface area contributed by atoms with Gasteiger partial charge in [0.15, 0.2) is 0 Å². The summed E-state index contributed by atoms with van der Waals surface area (Å²) in [6.45, 7) is 8.27. The highest BCUT2D eigenvalue weighted by Gasteiger charge is 2.12. The lowest BCUT2D eigenvalue weighted by molar-refractivity contribution is 0.589. The van der Waals surface area contributed by atoms with Gasteiger partial charge in [-0.15, -0.1) is 12.4 Å². The maximum absolute atomic E-state index is 13.3. The number of nitrogens with one attached hydrogen (secondary N) is 1. The van der Waals surface area contributed by atoms with E-state index in [9.17, 15) is 4.39 Å². The zero-order valence-corrected chi connectivity index (χ0v) is 15.4. The van der Waals surface area contributed by atoms with Crippen LogP contribution in [-0.2, 0) is 18.4 Å². The van der Waals surface area contributed by atoms with Crippen molar-refractivity contribution in [3.05, 3.63) is 70.0 Å². The minimum atomic E-state index is -0.350. The Morgan fingerprint density at radius 2 is 1.61 bits per heavy atom. The summed E-state index contributed by atoms with van der Waals surface area (Å²) in [5.74, 6) is -0.350. The largest absolute Gasteiger partial charge is 0.312 e. The summed E-state index contributed by atoms with van der Waals surface area (Å²) in [7, 11) is 0. The number of halogens is 3. The molecule has 1 nitrogen and oxygen atoms in total. The molecule has 0 unspecified atom stereocenters. The van der Waals surface area contributed by atoms with Gasteiger partial charge in [-0.25, -0.2) is 4.39 Å². The van der Waals surface area contributed by atoms with Crippen molar-refractivity contribution in [2.24, 2.45) is 0 Å². The van der Waals surface area contributed by atoms with E-state index in [0.717, 1.165) is 25.1 Å². The predicted molar refractivity (Wildman–Crippen MR) is 99.2 cm³/mol. The zero-order valence-electron chi connectivity index (χ0n) is 13.8. The van der Waals surface area contributed by atoms with Crippen LogP contribution in [0.3, 0.4) is 0 Å². The minimum absolute atomic E-state index is 0. The van der Waals surface area contributed by atoms with Crippen molar-refractivity contribution in [1.82, 2.24) is 5.32 Å². The fourth-order valence-electron chi connectivity index (χ4n) is 2.28. The molecule has 0 spiro atoms. The molecule has 0 radical (unpaired) electrons. The Balaban J connectivity index is 0.00000264. The minimum Gasteiger partial charge on any atom is -0.312 e. The van der Waals surface area contributed by atoms with Crippen LogP contribution in [0, 0.1) is 5.82 Å². The Morgan fingerprint density at radius 1 is 1.00 bits per heavy atom. The summed E-state index contributed by atoms with van der Waals surface area (Å²) in [5.41, 5.74) is 3.74. The van der Waals surface area contributed by atoms with E-state index >= 15 is 0 Å². The number of rotatable bonds is 5. The number of benzene rings is 2. The highest BCUT2D eigenvalue weighted by Crippen LogP contribution is 2.22. The summed E-state index contributed by atoms with van der Waals surface area (Å²) in [5, 5.41) is 3.56. The summed E-state index contributed by atoms with van der Waals surface area (Å²) < 4.78 is 13.3. The van der Waals surface area contributed by atoms with Crippen LogP contribution in [0.15, 0.2) is 42.5 Å². The van der Waals surface area contributed by atoms with Gasteiger partial charge in [0.1, 0.15) is 5.82 Å². The van der Waals surface area contributed by atoms with Gasteiger partial charge in [-0.3, -0.25) is 0 Å². The maximum atomic E-state index is 13.3. The molecule has 0 bridgehead atoms. The number of hydrogen-bond donors (Lipinski definition) is 1. The number of hydrogen-bond acceptors (Lipinski definition) is 1. The monoisotopic (exact) mass is 355 g/mol. The second-order valence-electron chi connectivity index (χ2n) is 6.62. The van der Waals surface area contributed by atoms with E-state index in [1.54, 1.807) is 6.07 Å². The van der Waals surface area contributed by atoms with Gasteiger partial charge >= 0.3 is 0 Å². The first-order chi connectivity index (χ1) is 10.4. The average Bonchev–Trinajstić information content (AvgIpc) is 2.47. The van der Waals surface area contributed by atoms with Crippen LogP contribution in [0.4, 0.5) is 4.39 Å². The smallest absolute Gasteiger partial charge is 0.142 e. The highest BCUT2D eigenvalue weighted by atomic mass is 35.5. The van der Waals surface area contributed by atoms with Gasteiger partial charge < -0.3 is 5.32 Å². The first-order valence-corrected chi connectivity index (χ1v) is 7.98. The van der Waals surface area contributed by atoms with E-state index in [2.05, 4.69) is 50.4 Å². The third kappa shape index (κ3) is 6.14. The standard InChI is InChI=1S/C19H23ClFN.ClH/c1-19(2,3)16-7-4-15(5-8-16)13-22-11-10-14-6-9-17(20)18(21)12-14;/h4-9,12,22H,10-11,13H2,1-3H3;1H. The average molecular weight is 356 g/mol. The van der Waals surface area contributed by atoms with Crippen LogP contribution < -0.4 is 5.32 Å². The molecule has 0 atom stereocenters. The van der Waals surface area contributed by atoms with Gasteiger partial charge in [-0.1, -0.05) is 62.7 Å². The SMILES string of the molecule is CC(C)(C)c1ccc(CNCCc2ccc(Cl)c(F)c2)cc1.Cl. The van der Waals surface area contributed by atoms with E-state index in [1.807, 2.05) is 6.07 Å². The van der Waals surface area contributed by atoms with Crippen LogP contribution in [0.5, 0.6) is 0 Å². The van der Waals surface area contributed by atoms with Crippen LogP contribution in [0.25, 0.3) is 0 Å². The van der Waals surface area contributed by atoms with Crippen molar-refractivity contribution in [2.75, 3.05) is 6.54 Å². The van der Waals surface area contributed by atoms with E-state index in [0.29, 0.717) is 0 Å². The Kier molecular flexibility index (Phi) is 7.53. The van der Waals surface area contributed by atoms with Crippen molar-refractivity contribution in [1.29, 1.82) is 0 Å². The van der Waals surface area contributed by atoms with Crippen molar-refractivity contribution in [3.8, 4) is 0 Å². The van der Waals surface area contributed by atoms with Crippen LogP contribution in [0.2, 0.25) is 5.02 Å². The Labute approximate surface area is 149 Å². The highest BCUT2D eigenvalue weighted by molar-refractivity contribution is 6.30. The molecule has 4 heteroatoms. The van der Waals surface area contributed by atoms with Gasteiger partial charge in [0, 0.05) is 6.54 Å². The quantitative estimate of drug-likeness (QED) is 0.695. The molecule has 1 N–H and O–H groups in total. The van der Waals surface area contributed by atoms with Gasteiger partial charge in [0.05, 0.1) is 5.02 Å². The van der Waals surface area contributed by atoms with E-state index < -0.39 is 0 Å². The van der Waals surface area contributed by atoms with Crippen LogP contribution in [0.1, 0.15) is 37.5 Å². The molecule has 2 aromatic carbocycles. The van der Waals surface area contributed by atoms with Crippen LogP contribution >= 0.6 is 24.0 Å². The summed E-state index contributed by atoms with van der Waals surface area (Å²) in [6.07, 6.45) is 0.786. The molecule has 2 rings (SSSR count). The second kappa shape index (κ2) is 8.68. The molecular weight excluding hydrogens is 332 g/mol. The van der Waals surface area contributed by atoms with Crippen molar-refractivity contribution >= 4 is 24.0 Å². The molecule has 0 aliphatic heterocycles. The molecule has 0 aromatic heterocycles. The molecule has 0 fully saturated rings. The second-order valence-corrected chi connectivity index (χ2v) is 7.03. The van der Waals surface area contributed by atoms with E-state index in [-0.39, 0.29) is 28.7 Å². The van der Waals surface area contributed by atoms with Gasteiger partial charge in [0.25, 0.3) is 0 Å². The lowest BCUT2D eigenvalue weighted by Gasteiger charge is -2.19. The summed E-state index contributed by atoms with van der Waals surface area (Å²) in [4.78, 5) is 0. The first-order valence-electron chi connectivity index (χ1n) is 7.60. The normalized spacial score (nSPS) is 11.2. The van der Waals surface area contributed by atoms with E-state index in [1.165, 1.54) is 17.2 Å². The fourth-order valence-corrected chi connectivity index (χ4v) is 2.40. The van der Waals surface area contributed by atoms with Crippen molar-refractivity contribution < 1.29 is 4.39 Å². The first kappa shape index (κ1) is 20.0. The molecule has 0 saturated heterocycles. The molecule has 0 amide bonds. The molecule has 0 heterocycles. The molecule has 0 aliphatic rings. The topological polar surface area (TPSA) is 12.0 Å². The zero-order chi connectivity index (χ0) is 16.2. The third-order valence-electron chi connectivity index (χ3n) is 3.72. The fraction of sp³-hybridized carbons (Fsp3) is 0.368. The lowest BCUT2D eigenvalue weighted by atomic mass is 9.87. The Morgan fingerprint density at radius 3 is 2.17 bits per heavy atom. The molecule has 0 aliphatic carbocycles. The van der Waals surface area contributed by atoms with Crippen molar-refractivity contribution in [2.45, 2.75) is 39.2 Å². The Bertz CT molecular complexity index is 618. The van der Waals surface area contributed by atoms with E-state index in [4.69, 9.17) is 11.6 Å². The van der Waals surface area contributed by atoms with Crippen molar-refractivity contribution in [3.63, 3.8) is 0 Å². The van der Waals surface area contributed by atoms with Gasteiger partial charge in [-0.05, 0) is 47.2 Å². The summed E-state index contributed by atoms with van der Waals surface area (Å²) in [6, 6.07) is 13.7. The molecule has 126 valence electrons. The molecule has 2 aromatic rings. The van der Waals surface area contributed by atoms with Gasteiger partial charge in [-0.2, -0.15) is 0 Å². The predicted octanol–water partition coefficient (Wildman–Crippen LogP) is 5.53. The molecule has 0 saturated carbocycles. The summed E-state index contributed by atoms with van der Waals surface area (Å²) >= 11 is 5.68. The van der Waals surface area contributed by atoms with Crippen LogP contribution in [-0.4, -0.2) is 6.54 Å². The molecular formula is C19H24Cl2FN. The van der Waals surface area contributed by atoms with Gasteiger partial charge in [0.2, 0.25) is 0 Å². The lowest BCUT2D eigenvalue weighted by Crippen LogP contribution is -2.17. The third-order valence-corrected chi connectivity index (χ3v) is 4.03.